The maximum absolute atomic E-state index is 11.1. The minimum Gasteiger partial charge on any atom is -0.368 e. The average molecular weight is 323 g/mol. The number of carbonyl (C=O) groups is 1. The van der Waals surface area contributed by atoms with Crippen molar-refractivity contribution in [3.05, 3.63) is 53.6 Å². The molecule has 0 bridgehead atoms. The van der Waals surface area contributed by atoms with Crippen molar-refractivity contribution in [2.45, 2.75) is 20.8 Å². The largest absolute Gasteiger partial charge is 0.368 e. The van der Waals surface area contributed by atoms with Gasteiger partial charge in [0.2, 0.25) is 5.91 Å². The molecule has 0 aliphatic carbocycles. The van der Waals surface area contributed by atoms with Crippen LogP contribution in [0.2, 0.25) is 0 Å². The Labute approximate surface area is 144 Å². The Bertz CT molecular complexity index is 716. The molecule has 2 aromatic carbocycles. The number of aryl methyl sites for hydroxylation is 1. The summed E-state index contributed by atoms with van der Waals surface area (Å²) in [6.07, 6.45) is 0. The molecule has 0 aromatic heterocycles. The van der Waals surface area contributed by atoms with Gasteiger partial charge in [-0.2, -0.15) is 0 Å². The minimum absolute atomic E-state index is 0.0371. The molecule has 0 unspecified atom stereocenters. The van der Waals surface area contributed by atoms with Gasteiger partial charge in [0.15, 0.2) is 0 Å². The van der Waals surface area contributed by atoms with Crippen LogP contribution < -0.4 is 15.1 Å². The molecule has 2 aromatic rings. The van der Waals surface area contributed by atoms with Crippen molar-refractivity contribution in [1.82, 2.24) is 0 Å². The predicted octanol–water partition coefficient (Wildman–Crippen LogP) is 3.59. The molecule has 24 heavy (non-hydrogen) atoms. The summed E-state index contributed by atoms with van der Waals surface area (Å²) in [4.78, 5) is 16.0. The molecule has 1 heterocycles. The number of carbonyl (C=O) groups excluding carboxylic acids is 1. The van der Waals surface area contributed by atoms with Crippen molar-refractivity contribution >= 4 is 23.0 Å². The summed E-state index contributed by atoms with van der Waals surface area (Å²) in [6.45, 7) is 9.97. The second-order valence-corrected chi connectivity index (χ2v) is 6.42. The molecule has 4 heteroatoms. The van der Waals surface area contributed by atoms with Gasteiger partial charge in [-0.15, -0.1) is 0 Å². The topological polar surface area (TPSA) is 35.6 Å². The number of hydrogen-bond donors (Lipinski definition) is 1. The maximum Gasteiger partial charge on any atom is 0.221 e. The molecule has 0 atom stereocenters. The number of piperazine rings is 1. The Morgan fingerprint density at radius 1 is 0.917 bits per heavy atom. The molecule has 0 spiro atoms. The van der Waals surface area contributed by atoms with Gasteiger partial charge < -0.3 is 15.1 Å². The lowest BCUT2D eigenvalue weighted by atomic mass is 10.1. The first-order valence-corrected chi connectivity index (χ1v) is 8.48. The van der Waals surface area contributed by atoms with Crippen LogP contribution in [0.25, 0.3) is 0 Å². The average Bonchev–Trinajstić information content (AvgIpc) is 2.58. The summed E-state index contributed by atoms with van der Waals surface area (Å²) in [6, 6.07) is 14.6. The molecule has 0 saturated carbocycles. The summed E-state index contributed by atoms with van der Waals surface area (Å²) in [7, 11) is 0. The number of hydrogen-bond acceptors (Lipinski definition) is 3. The Kier molecular flexibility index (Phi) is 4.74. The molecule has 3 rings (SSSR count). The summed E-state index contributed by atoms with van der Waals surface area (Å²) < 4.78 is 0. The number of nitrogens with one attached hydrogen (secondary N) is 1. The van der Waals surface area contributed by atoms with E-state index in [1.165, 1.54) is 29.4 Å². The fraction of sp³-hybridized carbons (Fsp3) is 0.350. The molecule has 1 fully saturated rings. The van der Waals surface area contributed by atoms with E-state index >= 15 is 0 Å². The highest BCUT2D eigenvalue weighted by molar-refractivity contribution is 5.88. The minimum atomic E-state index is -0.0371. The Morgan fingerprint density at radius 2 is 1.54 bits per heavy atom. The highest BCUT2D eigenvalue weighted by atomic mass is 16.1. The van der Waals surface area contributed by atoms with Crippen LogP contribution in [-0.2, 0) is 4.79 Å². The summed E-state index contributed by atoms with van der Waals surface area (Å²) in [5.41, 5.74) is 6.15. The molecule has 4 nitrogen and oxygen atoms in total. The lowest BCUT2D eigenvalue weighted by Gasteiger charge is -2.38. The Hall–Kier alpha value is -2.49. The number of amides is 1. The SMILES string of the molecule is CC(=O)Nc1ccc(N2CCN(c3cccc(C)c3C)CC2)cc1. The standard InChI is InChI=1S/C20H25N3O/c1-15-5-4-6-20(16(15)2)23-13-11-22(12-14-23)19-9-7-18(8-10-19)21-17(3)24/h4-10H,11-14H2,1-3H3,(H,21,24). The van der Waals surface area contributed by atoms with E-state index in [0.29, 0.717) is 0 Å². The molecule has 1 N–H and O–H groups in total. The Balaban J connectivity index is 1.64. The fourth-order valence-electron chi connectivity index (χ4n) is 3.24. The van der Waals surface area contributed by atoms with Crippen LogP contribution in [0.3, 0.4) is 0 Å². The molecule has 1 aliphatic rings. The zero-order valence-corrected chi connectivity index (χ0v) is 14.7. The molecule has 0 radical (unpaired) electrons. The van der Waals surface area contributed by atoms with Crippen molar-refractivity contribution in [2.75, 3.05) is 41.3 Å². The van der Waals surface area contributed by atoms with E-state index in [-0.39, 0.29) is 5.91 Å². The van der Waals surface area contributed by atoms with Crippen molar-refractivity contribution in [2.24, 2.45) is 0 Å². The van der Waals surface area contributed by atoms with E-state index in [1.54, 1.807) is 0 Å². The van der Waals surface area contributed by atoms with Crippen LogP contribution in [0.15, 0.2) is 42.5 Å². The normalized spacial score (nSPS) is 14.6. The third-order valence-electron chi connectivity index (χ3n) is 4.75. The first-order chi connectivity index (χ1) is 11.5. The van der Waals surface area contributed by atoms with Gasteiger partial charge in [-0.3, -0.25) is 4.79 Å². The number of nitrogens with zero attached hydrogens (tertiary/aromatic N) is 2. The third-order valence-corrected chi connectivity index (χ3v) is 4.75. The Morgan fingerprint density at radius 3 is 2.17 bits per heavy atom. The van der Waals surface area contributed by atoms with Gasteiger partial charge in [0.25, 0.3) is 0 Å². The quantitative estimate of drug-likeness (QED) is 0.937. The predicted molar refractivity (Wildman–Crippen MR) is 101 cm³/mol. The molecule has 1 aliphatic heterocycles. The second kappa shape index (κ2) is 6.95. The maximum atomic E-state index is 11.1. The van der Waals surface area contributed by atoms with Crippen molar-refractivity contribution in [3.8, 4) is 0 Å². The lowest BCUT2D eigenvalue weighted by Crippen LogP contribution is -2.46. The summed E-state index contributed by atoms with van der Waals surface area (Å²) in [5.74, 6) is -0.0371. The lowest BCUT2D eigenvalue weighted by molar-refractivity contribution is -0.114. The summed E-state index contributed by atoms with van der Waals surface area (Å²) in [5, 5.41) is 2.81. The van der Waals surface area contributed by atoms with Crippen LogP contribution in [0.5, 0.6) is 0 Å². The molecule has 126 valence electrons. The van der Waals surface area contributed by atoms with E-state index in [4.69, 9.17) is 0 Å². The van der Waals surface area contributed by atoms with Crippen LogP contribution in [0, 0.1) is 13.8 Å². The monoisotopic (exact) mass is 323 g/mol. The number of benzene rings is 2. The molecular weight excluding hydrogens is 298 g/mol. The van der Waals surface area contributed by atoms with E-state index in [0.717, 1.165) is 31.9 Å². The van der Waals surface area contributed by atoms with Gasteiger partial charge in [0.1, 0.15) is 0 Å². The highest BCUT2D eigenvalue weighted by Crippen LogP contribution is 2.26. The van der Waals surface area contributed by atoms with Crippen LogP contribution in [-0.4, -0.2) is 32.1 Å². The van der Waals surface area contributed by atoms with Gasteiger partial charge in [-0.1, -0.05) is 12.1 Å². The van der Waals surface area contributed by atoms with Crippen LogP contribution in [0.4, 0.5) is 17.1 Å². The smallest absolute Gasteiger partial charge is 0.221 e. The van der Waals surface area contributed by atoms with Crippen LogP contribution in [0.1, 0.15) is 18.1 Å². The fourth-order valence-corrected chi connectivity index (χ4v) is 3.24. The van der Waals surface area contributed by atoms with E-state index in [9.17, 15) is 4.79 Å². The van der Waals surface area contributed by atoms with Gasteiger partial charge in [-0.05, 0) is 55.3 Å². The molecule has 1 amide bonds. The van der Waals surface area contributed by atoms with E-state index in [1.807, 2.05) is 12.1 Å². The number of rotatable bonds is 3. The van der Waals surface area contributed by atoms with Crippen LogP contribution >= 0.6 is 0 Å². The van der Waals surface area contributed by atoms with Gasteiger partial charge in [0.05, 0.1) is 0 Å². The van der Waals surface area contributed by atoms with E-state index < -0.39 is 0 Å². The summed E-state index contributed by atoms with van der Waals surface area (Å²) >= 11 is 0. The van der Waals surface area contributed by atoms with E-state index in [2.05, 4.69) is 59.3 Å². The van der Waals surface area contributed by atoms with Crippen molar-refractivity contribution in [3.63, 3.8) is 0 Å². The number of anilines is 3. The zero-order chi connectivity index (χ0) is 17.1. The van der Waals surface area contributed by atoms with Gasteiger partial charge in [-0.25, -0.2) is 0 Å². The first-order valence-electron chi connectivity index (χ1n) is 8.48. The zero-order valence-electron chi connectivity index (χ0n) is 14.7. The molecule has 1 saturated heterocycles. The second-order valence-electron chi connectivity index (χ2n) is 6.42. The van der Waals surface area contributed by atoms with Crippen molar-refractivity contribution < 1.29 is 4.79 Å². The van der Waals surface area contributed by atoms with Crippen molar-refractivity contribution in [1.29, 1.82) is 0 Å². The third kappa shape index (κ3) is 3.53. The highest BCUT2D eigenvalue weighted by Gasteiger charge is 2.19. The first kappa shape index (κ1) is 16.4. The van der Waals surface area contributed by atoms with Gasteiger partial charge in [0, 0.05) is 50.2 Å². The molecular formula is C20H25N3O. The van der Waals surface area contributed by atoms with Gasteiger partial charge >= 0.3 is 0 Å².